The molecular weight excluding hydrogens is 166 g/mol. The molecule has 3 N–H and O–H groups in total. The van der Waals surface area contributed by atoms with Crippen LogP contribution in [-0.2, 0) is 9.36 Å². The number of rotatable bonds is 3. The monoisotopic (exact) mass is 172 g/mol. The first-order valence-corrected chi connectivity index (χ1v) is 5.26. The van der Waals surface area contributed by atoms with Crippen LogP contribution < -0.4 is 0 Å². The zero-order valence-corrected chi connectivity index (χ0v) is 6.13. The number of carbonyl (C=O) groups excluding carboxylic acids is 1. The van der Waals surface area contributed by atoms with Gasteiger partial charge < -0.3 is 0 Å². The Kier molecular flexibility index (Phi) is 3.33. The van der Waals surface area contributed by atoms with Gasteiger partial charge in [0.05, 0.1) is 0 Å². The summed E-state index contributed by atoms with van der Waals surface area (Å²) in [5.41, 5.74) is 0. The average molecular weight is 172 g/mol. The second-order valence-corrected chi connectivity index (χ2v) is 4.92. The van der Waals surface area contributed by atoms with Gasteiger partial charge in [0.15, 0.2) is 0 Å². The van der Waals surface area contributed by atoms with E-state index in [0.717, 1.165) is 0 Å². The maximum absolute atomic E-state index is 10.2. The zero-order valence-electron chi connectivity index (χ0n) is 4.34. The summed E-state index contributed by atoms with van der Waals surface area (Å²) >= 11 is 0. The SMILES string of the molecule is O=C[P+](=O)C[P+](O)(O)O. The standard InChI is InChI=1S/C2H6O5P2/c3-1-8(4)2-9(5,6)7/h1,5-7H,2H2/q+2. The lowest BCUT2D eigenvalue weighted by molar-refractivity contribution is 0.337. The molecular formula is C2H6O5P2+2. The van der Waals surface area contributed by atoms with Crippen LogP contribution in [0, 0.1) is 0 Å². The van der Waals surface area contributed by atoms with Crippen molar-refractivity contribution in [3.63, 3.8) is 0 Å². The molecule has 0 saturated carbocycles. The molecule has 0 aromatic heterocycles. The molecule has 0 aliphatic rings. The highest BCUT2D eigenvalue weighted by Gasteiger charge is 2.41. The minimum absolute atomic E-state index is 0.0761. The van der Waals surface area contributed by atoms with Crippen LogP contribution in [0.1, 0.15) is 0 Å². The highest BCUT2D eigenvalue weighted by atomic mass is 31.2. The fourth-order valence-corrected chi connectivity index (χ4v) is 1.98. The largest absolute Gasteiger partial charge is 0.459 e. The van der Waals surface area contributed by atoms with E-state index in [9.17, 15) is 9.36 Å². The highest BCUT2D eigenvalue weighted by Crippen LogP contribution is 2.51. The van der Waals surface area contributed by atoms with Crippen LogP contribution in [0.3, 0.4) is 0 Å². The fraction of sp³-hybridized carbons (Fsp3) is 0.500. The molecule has 0 aliphatic carbocycles. The molecule has 0 bridgehead atoms. The Morgan fingerprint density at radius 3 is 2.00 bits per heavy atom. The van der Waals surface area contributed by atoms with Crippen LogP contribution in [0.15, 0.2) is 0 Å². The van der Waals surface area contributed by atoms with E-state index in [1.807, 2.05) is 0 Å². The number of hydrogen-bond donors (Lipinski definition) is 3. The summed E-state index contributed by atoms with van der Waals surface area (Å²) in [5, 5.41) is 0. The summed E-state index contributed by atoms with van der Waals surface area (Å²) in [6, 6.07) is 0.0761. The normalized spacial score (nSPS) is 13.0. The van der Waals surface area contributed by atoms with Crippen LogP contribution in [0.2, 0.25) is 0 Å². The van der Waals surface area contributed by atoms with Crippen LogP contribution in [0.5, 0.6) is 0 Å². The van der Waals surface area contributed by atoms with E-state index in [-0.39, 0.29) is 6.03 Å². The van der Waals surface area contributed by atoms with Crippen LogP contribution in [0.25, 0.3) is 0 Å². The van der Waals surface area contributed by atoms with E-state index in [0.29, 0.717) is 0 Å². The molecule has 52 valence electrons. The topological polar surface area (TPSA) is 94.8 Å². The van der Waals surface area contributed by atoms with E-state index in [2.05, 4.69) is 0 Å². The van der Waals surface area contributed by atoms with Crippen molar-refractivity contribution in [3.8, 4) is 0 Å². The molecule has 0 aromatic rings. The lowest BCUT2D eigenvalue weighted by atomic mass is 11.8. The quantitative estimate of drug-likeness (QED) is 0.401. The van der Waals surface area contributed by atoms with Crippen molar-refractivity contribution in [2.45, 2.75) is 0 Å². The van der Waals surface area contributed by atoms with Crippen molar-refractivity contribution in [2.75, 3.05) is 5.90 Å². The van der Waals surface area contributed by atoms with Gasteiger partial charge in [-0.1, -0.05) is 4.57 Å². The lowest BCUT2D eigenvalue weighted by Crippen LogP contribution is -1.90. The van der Waals surface area contributed by atoms with E-state index >= 15 is 0 Å². The molecule has 0 rings (SSSR count). The van der Waals surface area contributed by atoms with Gasteiger partial charge in [-0.2, -0.15) is 14.7 Å². The molecule has 0 fully saturated rings. The van der Waals surface area contributed by atoms with Gasteiger partial charge in [0.1, 0.15) is 0 Å². The second kappa shape index (κ2) is 3.30. The third-order valence-electron chi connectivity index (χ3n) is 0.447. The summed E-state index contributed by atoms with van der Waals surface area (Å²) in [6.45, 7) is 0. The summed E-state index contributed by atoms with van der Waals surface area (Å²) in [7, 11) is -6.30. The van der Waals surface area contributed by atoms with E-state index in [1.54, 1.807) is 0 Å². The van der Waals surface area contributed by atoms with Crippen molar-refractivity contribution >= 4 is 21.8 Å². The Labute approximate surface area is 52.7 Å². The Bertz CT molecular complexity index is 125. The van der Waals surface area contributed by atoms with Crippen molar-refractivity contribution in [1.82, 2.24) is 0 Å². The summed E-state index contributed by atoms with van der Waals surface area (Å²) < 4.78 is 10.2. The minimum Gasteiger partial charge on any atom is -0.244 e. The van der Waals surface area contributed by atoms with Crippen LogP contribution in [0.4, 0.5) is 0 Å². The molecule has 0 spiro atoms. The van der Waals surface area contributed by atoms with Crippen molar-refractivity contribution in [2.24, 2.45) is 0 Å². The van der Waals surface area contributed by atoms with Gasteiger partial charge in [-0.3, -0.25) is 0 Å². The molecule has 1 atom stereocenters. The third-order valence-corrected chi connectivity index (χ3v) is 3.31. The smallest absolute Gasteiger partial charge is 0.244 e. The predicted octanol–water partition coefficient (Wildman–Crippen LogP) is -0.299. The molecule has 0 aliphatic heterocycles. The molecule has 0 amide bonds. The third kappa shape index (κ3) is 5.96. The van der Waals surface area contributed by atoms with Crippen molar-refractivity contribution in [3.05, 3.63) is 0 Å². The predicted molar refractivity (Wildman–Crippen MR) is 32.8 cm³/mol. The number of hydrogen-bond acceptors (Lipinski definition) is 5. The molecule has 7 heteroatoms. The van der Waals surface area contributed by atoms with E-state index < -0.39 is 21.6 Å². The maximum atomic E-state index is 10.2. The molecule has 1 unspecified atom stereocenters. The second-order valence-electron chi connectivity index (χ2n) is 1.36. The lowest BCUT2D eigenvalue weighted by Gasteiger charge is -1.91. The zero-order chi connectivity index (χ0) is 7.49. The van der Waals surface area contributed by atoms with E-state index in [1.165, 1.54) is 0 Å². The molecule has 0 heterocycles. The van der Waals surface area contributed by atoms with Crippen molar-refractivity contribution in [1.29, 1.82) is 0 Å². The fourth-order valence-electron chi connectivity index (χ4n) is 0.220. The van der Waals surface area contributed by atoms with E-state index in [4.69, 9.17) is 14.7 Å². The molecule has 0 radical (unpaired) electrons. The minimum atomic E-state index is -4.00. The van der Waals surface area contributed by atoms with Gasteiger partial charge in [0.2, 0.25) is 0 Å². The van der Waals surface area contributed by atoms with Gasteiger partial charge in [-0.15, -0.1) is 0 Å². The first-order valence-electron chi connectivity index (χ1n) is 1.91. The average Bonchev–Trinajstić information content (AvgIpc) is 1.62. The summed E-state index contributed by atoms with van der Waals surface area (Å²) in [6.07, 6.45) is 0. The van der Waals surface area contributed by atoms with Gasteiger partial charge >= 0.3 is 27.7 Å². The first kappa shape index (κ1) is 9.08. The Hall–Kier alpha value is 0.0800. The van der Waals surface area contributed by atoms with Gasteiger partial charge in [0, 0.05) is 0 Å². The summed E-state index contributed by atoms with van der Waals surface area (Å²) in [5.74, 6) is -0.730. The molecule has 9 heavy (non-hydrogen) atoms. The Morgan fingerprint density at radius 2 is 1.89 bits per heavy atom. The van der Waals surface area contributed by atoms with Crippen molar-refractivity contribution < 1.29 is 24.0 Å². The van der Waals surface area contributed by atoms with Gasteiger partial charge in [-0.05, 0) is 0 Å². The van der Waals surface area contributed by atoms with Crippen LogP contribution in [-0.4, -0.2) is 26.6 Å². The summed E-state index contributed by atoms with van der Waals surface area (Å²) in [4.78, 5) is 34.2. The maximum Gasteiger partial charge on any atom is 0.459 e. The van der Waals surface area contributed by atoms with Crippen LogP contribution >= 0.6 is 15.7 Å². The Morgan fingerprint density at radius 1 is 1.44 bits per heavy atom. The molecule has 0 saturated heterocycles. The van der Waals surface area contributed by atoms with Gasteiger partial charge in [-0.25, -0.2) is 4.79 Å². The highest BCUT2D eigenvalue weighted by molar-refractivity contribution is 7.76. The van der Waals surface area contributed by atoms with Gasteiger partial charge in [0.25, 0.3) is 0 Å². The number of carbonyl (C=O) groups is 1. The molecule has 5 nitrogen and oxygen atoms in total. The molecule has 0 aromatic carbocycles. The Balaban J connectivity index is 3.74. The first-order chi connectivity index (χ1) is 3.95.